The molecule has 2 aliphatic rings. The Kier molecular flexibility index (Phi) is 7.38. The number of likely N-dealkylation sites (tertiary alicyclic amines) is 1. The zero-order chi connectivity index (χ0) is 24.3. The summed E-state index contributed by atoms with van der Waals surface area (Å²) in [5, 5.41) is 2.86. The molecule has 2 N–H and O–H groups in total. The van der Waals surface area contributed by atoms with Crippen molar-refractivity contribution in [3.63, 3.8) is 0 Å². The van der Waals surface area contributed by atoms with Crippen LogP contribution < -0.4 is 10.0 Å². The van der Waals surface area contributed by atoms with Crippen molar-refractivity contribution in [2.24, 2.45) is 5.92 Å². The van der Waals surface area contributed by atoms with Gasteiger partial charge in [0, 0.05) is 24.7 Å². The number of nitrogens with one attached hydrogen (secondary N) is 2. The van der Waals surface area contributed by atoms with Gasteiger partial charge in [0.15, 0.2) is 0 Å². The molecule has 8 heteroatoms. The van der Waals surface area contributed by atoms with Gasteiger partial charge in [-0.05, 0) is 68.4 Å². The Bertz CT molecular complexity index is 1150. The third-order valence-corrected chi connectivity index (χ3v) is 8.60. The van der Waals surface area contributed by atoms with Gasteiger partial charge >= 0.3 is 0 Å². The molecule has 0 bridgehead atoms. The van der Waals surface area contributed by atoms with E-state index in [4.69, 9.17) is 0 Å². The molecule has 1 heterocycles. The second-order valence-electron chi connectivity index (χ2n) is 9.40. The zero-order valence-electron chi connectivity index (χ0n) is 19.8. The van der Waals surface area contributed by atoms with Gasteiger partial charge in [0.1, 0.15) is 6.04 Å². The lowest BCUT2D eigenvalue weighted by Crippen LogP contribution is -2.50. The standard InChI is InChI=1S/C26H33N3O4S/c1-18-12-13-19(2)24(16-18)34(32,33)28-15-14-27-25(30)23-17-21-10-6-7-11-22(21)29(23)26(31)20-8-4-3-5-9-20/h3-5,8-9,12-13,16,21-23,28H,6-7,10-11,14-15,17H2,1-2H3,(H,27,30). The van der Waals surface area contributed by atoms with E-state index in [0.29, 0.717) is 23.5 Å². The number of hydrogen-bond acceptors (Lipinski definition) is 4. The van der Waals surface area contributed by atoms with Crippen LogP contribution in [-0.2, 0) is 14.8 Å². The number of carbonyl (C=O) groups excluding carboxylic acids is 2. The van der Waals surface area contributed by atoms with Gasteiger partial charge in [-0.15, -0.1) is 0 Å². The molecule has 2 aromatic rings. The molecule has 0 spiro atoms. The molecule has 2 aromatic carbocycles. The van der Waals surface area contributed by atoms with E-state index in [2.05, 4.69) is 10.0 Å². The smallest absolute Gasteiger partial charge is 0.254 e. The van der Waals surface area contributed by atoms with Crippen molar-refractivity contribution < 1.29 is 18.0 Å². The lowest BCUT2D eigenvalue weighted by atomic mass is 9.84. The second kappa shape index (κ2) is 10.3. The van der Waals surface area contributed by atoms with Crippen molar-refractivity contribution in [3.05, 3.63) is 65.2 Å². The molecular weight excluding hydrogens is 450 g/mol. The highest BCUT2D eigenvalue weighted by Gasteiger charge is 2.47. The monoisotopic (exact) mass is 483 g/mol. The van der Waals surface area contributed by atoms with E-state index >= 15 is 0 Å². The first kappa shape index (κ1) is 24.4. The average molecular weight is 484 g/mol. The number of sulfonamides is 1. The summed E-state index contributed by atoms with van der Waals surface area (Å²) in [7, 11) is -3.67. The van der Waals surface area contributed by atoms with E-state index in [1.807, 2.05) is 31.2 Å². The van der Waals surface area contributed by atoms with Crippen molar-refractivity contribution in [1.29, 1.82) is 0 Å². The van der Waals surface area contributed by atoms with Gasteiger partial charge in [-0.25, -0.2) is 13.1 Å². The Labute approximate surface area is 202 Å². The quantitative estimate of drug-likeness (QED) is 0.592. The van der Waals surface area contributed by atoms with Crippen LogP contribution in [0.2, 0.25) is 0 Å². The fourth-order valence-corrected chi connectivity index (χ4v) is 6.64. The van der Waals surface area contributed by atoms with Crippen molar-refractivity contribution >= 4 is 21.8 Å². The molecule has 2 amide bonds. The molecule has 7 nitrogen and oxygen atoms in total. The number of rotatable bonds is 7. The first-order valence-electron chi connectivity index (χ1n) is 12.0. The maximum atomic E-state index is 13.3. The molecule has 2 fully saturated rings. The molecule has 0 aromatic heterocycles. The summed E-state index contributed by atoms with van der Waals surface area (Å²) in [5.74, 6) is 0.00958. The zero-order valence-corrected chi connectivity index (χ0v) is 20.6. The van der Waals surface area contributed by atoms with Gasteiger partial charge in [-0.2, -0.15) is 0 Å². The Morgan fingerprint density at radius 2 is 1.74 bits per heavy atom. The summed E-state index contributed by atoms with van der Waals surface area (Å²) >= 11 is 0. The third-order valence-electron chi connectivity index (χ3n) is 7.00. The van der Waals surface area contributed by atoms with Crippen LogP contribution in [0.25, 0.3) is 0 Å². The number of amides is 2. The lowest BCUT2D eigenvalue weighted by molar-refractivity contribution is -0.125. The molecule has 1 aliphatic carbocycles. The number of carbonyl (C=O) groups is 2. The van der Waals surface area contributed by atoms with Crippen molar-refractivity contribution in [2.45, 2.75) is 62.9 Å². The average Bonchev–Trinajstić information content (AvgIpc) is 3.23. The second-order valence-corrected chi connectivity index (χ2v) is 11.1. The van der Waals surface area contributed by atoms with Gasteiger partial charge in [0.2, 0.25) is 15.9 Å². The van der Waals surface area contributed by atoms with Gasteiger partial charge < -0.3 is 10.2 Å². The minimum absolute atomic E-state index is 0.0770. The fraction of sp³-hybridized carbons (Fsp3) is 0.462. The topological polar surface area (TPSA) is 95.6 Å². The number of aryl methyl sites for hydroxylation is 2. The molecule has 4 rings (SSSR count). The van der Waals surface area contributed by atoms with Crippen LogP contribution in [0.1, 0.15) is 53.6 Å². The summed E-state index contributed by atoms with van der Waals surface area (Å²) in [6.07, 6.45) is 4.80. The predicted molar refractivity (Wildman–Crippen MR) is 131 cm³/mol. The van der Waals surface area contributed by atoms with Crippen LogP contribution in [0.4, 0.5) is 0 Å². The summed E-state index contributed by atoms with van der Waals surface area (Å²) < 4.78 is 28.0. The van der Waals surface area contributed by atoms with E-state index in [9.17, 15) is 18.0 Å². The van der Waals surface area contributed by atoms with E-state index < -0.39 is 16.1 Å². The van der Waals surface area contributed by atoms with Crippen LogP contribution in [0, 0.1) is 19.8 Å². The molecule has 0 radical (unpaired) electrons. The normalized spacial score (nSPS) is 22.3. The SMILES string of the molecule is Cc1ccc(C)c(S(=O)(=O)NCCNC(=O)C2CC3CCCCC3N2C(=O)c2ccccc2)c1. The van der Waals surface area contributed by atoms with Crippen LogP contribution in [0.15, 0.2) is 53.4 Å². The number of benzene rings is 2. The highest BCUT2D eigenvalue weighted by atomic mass is 32.2. The van der Waals surface area contributed by atoms with Gasteiger partial charge in [0.05, 0.1) is 4.90 Å². The lowest BCUT2D eigenvalue weighted by Gasteiger charge is -2.33. The summed E-state index contributed by atoms with van der Waals surface area (Å²) in [6.45, 7) is 3.84. The number of nitrogens with zero attached hydrogens (tertiary/aromatic N) is 1. The molecular formula is C26H33N3O4S. The summed E-state index contributed by atoms with van der Waals surface area (Å²) in [4.78, 5) is 28.5. The Balaban J connectivity index is 1.40. The Hall–Kier alpha value is -2.71. The highest BCUT2D eigenvalue weighted by molar-refractivity contribution is 7.89. The van der Waals surface area contributed by atoms with E-state index in [1.54, 1.807) is 36.1 Å². The van der Waals surface area contributed by atoms with E-state index in [0.717, 1.165) is 31.2 Å². The van der Waals surface area contributed by atoms with Gasteiger partial charge in [-0.3, -0.25) is 9.59 Å². The molecule has 3 unspecified atom stereocenters. The number of fused-ring (bicyclic) bond motifs is 1. The Morgan fingerprint density at radius 1 is 1.00 bits per heavy atom. The minimum Gasteiger partial charge on any atom is -0.353 e. The molecule has 1 saturated carbocycles. The predicted octanol–water partition coefficient (Wildman–Crippen LogP) is 3.17. The molecule has 3 atom stereocenters. The van der Waals surface area contributed by atoms with E-state index in [1.165, 1.54) is 0 Å². The first-order chi connectivity index (χ1) is 16.3. The largest absolute Gasteiger partial charge is 0.353 e. The maximum absolute atomic E-state index is 13.3. The van der Waals surface area contributed by atoms with Crippen LogP contribution >= 0.6 is 0 Å². The van der Waals surface area contributed by atoms with Gasteiger partial charge in [0.25, 0.3) is 5.91 Å². The van der Waals surface area contributed by atoms with Crippen molar-refractivity contribution in [3.8, 4) is 0 Å². The van der Waals surface area contributed by atoms with Crippen molar-refractivity contribution in [2.75, 3.05) is 13.1 Å². The third kappa shape index (κ3) is 5.18. The van der Waals surface area contributed by atoms with Crippen molar-refractivity contribution in [1.82, 2.24) is 14.9 Å². The first-order valence-corrected chi connectivity index (χ1v) is 13.5. The van der Waals surface area contributed by atoms with E-state index in [-0.39, 0.29) is 35.8 Å². The van der Waals surface area contributed by atoms with Crippen LogP contribution in [-0.4, -0.2) is 50.3 Å². The Morgan fingerprint density at radius 3 is 2.50 bits per heavy atom. The summed E-state index contributed by atoms with van der Waals surface area (Å²) in [5.41, 5.74) is 2.13. The molecule has 34 heavy (non-hydrogen) atoms. The number of hydrogen-bond donors (Lipinski definition) is 2. The fourth-order valence-electron chi connectivity index (χ4n) is 5.28. The molecule has 182 valence electrons. The maximum Gasteiger partial charge on any atom is 0.254 e. The highest BCUT2D eigenvalue weighted by Crippen LogP contribution is 2.40. The minimum atomic E-state index is -3.67. The summed E-state index contributed by atoms with van der Waals surface area (Å²) in [6, 6.07) is 14.0. The molecule has 1 aliphatic heterocycles. The van der Waals surface area contributed by atoms with Gasteiger partial charge in [-0.1, -0.05) is 43.2 Å². The van der Waals surface area contributed by atoms with Crippen LogP contribution in [0.5, 0.6) is 0 Å². The van der Waals surface area contributed by atoms with Crippen LogP contribution in [0.3, 0.4) is 0 Å². The molecule has 1 saturated heterocycles.